The predicted octanol–water partition coefficient (Wildman–Crippen LogP) is 1.61. The molecule has 1 aliphatic heterocycles. The highest BCUT2D eigenvalue weighted by Gasteiger charge is 2.34. The molecule has 3 atom stereocenters. The van der Waals surface area contributed by atoms with Gasteiger partial charge in [-0.3, -0.25) is 0 Å². The molecule has 4 nitrogen and oxygen atoms in total. The number of likely N-dealkylation sites (N-methyl/N-ethyl adjacent to an activating group) is 1. The van der Waals surface area contributed by atoms with Gasteiger partial charge in [-0.25, -0.2) is 4.79 Å². The van der Waals surface area contributed by atoms with Gasteiger partial charge in [0.25, 0.3) is 0 Å². The Labute approximate surface area is 97.3 Å². The van der Waals surface area contributed by atoms with Gasteiger partial charge in [0.1, 0.15) is 0 Å². The maximum atomic E-state index is 11.8. The van der Waals surface area contributed by atoms with Gasteiger partial charge in [0.2, 0.25) is 0 Å². The molecule has 92 valence electrons. The maximum absolute atomic E-state index is 11.8. The summed E-state index contributed by atoms with van der Waals surface area (Å²) in [4.78, 5) is 13.5. The number of hydrogen-bond donors (Lipinski definition) is 1. The van der Waals surface area contributed by atoms with E-state index in [1.54, 1.807) is 4.90 Å². The van der Waals surface area contributed by atoms with Crippen molar-refractivity contribution in [1.82, 2.24) is 10.2 Å². The third-order valence-electron chi connectivity index (χ3n) is 3.52. The third-order valence-corrected chi connectivity index (χ3v) is 3.52. The van der Waals surface area contributed by atoms with Crippen molar-refractivity contribution in [3.8, 4) is 0 Å². The van der Waals surface area contributed by atoms with Crippen LogP contribution in [0.1, 0.15) is 32.6 Å². The molecule has 1 aliphatic carbocycles. The molecule has 3 unspecified atom stereocenters. The fourth-order valence-corrected chi connectivity index (χ4v) is 2.13. The molecule has 0 spiro atoms. The van der Waals surface area contributed by atoms with Crippen LogP contribution in [0.25, 0.3) is 0 Å². The average molecular weight is 226 g/mol. The van der Waals surface area contributed by atoms with E-state index in [9.17, 15) is 4.79 Å². The first kappa shape index (κ1) is 11.7. The second-order valence-corrected chi connectivity index (χ2v) is 5.14. The molecule has 1 heterocycles. The van der Waals surface area contributed by atoms with Crippen LogP contribution in [0.2, 0.25) is 0 Å². The predicted molar refractivity (Wildman–Crippen MR) is 62.3 cm³/mol. The Bertz CT molecular complexity index is 251. The van der Waals surface area contributed by atoms with Gasteiger partial charge in [-0.2, -0.15) is 0 Å². The second-order valence-electron chi connectivity index (χ2n) is 5.14. The molecule has 1 saturated carbocycles. The standard InChI is InChI=1S/C12H22N2O2/c1-9-7-11(9)13-12(15)14(2)8-10-5-3-4-6-16-10/h9-11H,3-8H2,1-2H3,(H,13,15). The van der Waals surface area contributed by atoms with Crippen LogP contribution < -0.4 is 5.32 Å². The number of hydrogen-bond acceptors (Lipinski definition) is 2. The van der Waals surface area contributed by atoms with Gasteiger partial charge in [0, 0.05) is 26.2 Å². The lowest BCUT2D eigenvalue weighted by Crippen LogP contribution is -2.43. The van der Waals surface area contributed by atoms with Crippen molar-refractivity contribution in [2.45, 2.75) is 44.8 Å². The van der Waals surface area contributed by atoms with E-state index in [4.69, 9.17) is 4.74 Å². The van der Waals surface area contributed by atoms with Crippen LogP contribution >= 0.6 is 0 Å². The number of amides is 2. The number of ether oxygens (including phenoxy) is 1. The van der Waals surface area contributed by atoms with Crippen molar-refractivity contribution in [2.24, 2.45) is 5.92 Å². The smallest absolute Gasteiger partial charge is 0.317 e. The molecule has 0 aromatic carbocycles. The summed E-state index contributed by atoms with van der Waals surface area (Å²) in [6.07, 6.45) is 4.82. The minimum absolute atomic E-state index is 0.0449. The van der Waals surface area contributed by atoms with E-state index in [2.05, 4.69) is 12.2 Å². The molecule has 1 N–H and O–H groups in total. The SMILES string of the molecule is CC1CC1NC(=O)N(C)CC1CCCCO1. The van der Waals surface area contributed by atoms with Gasteiger partial charge < -0.3 is 15.0 Å². The Balaban J connectivity index is 1.69. The van der Waals surface area contributed by atoms with Crippen molar-refractivity contribution in [3.63, 3.8) is 0 Å². The largest absolute Gasteiger partial charge is 0.376 e. The highest BCUT2D eigenvalue weighted by Crippen LogP contribution is 2.29. The Kier molecular flexibility index (Phi) is 3.69. The maximum Gasteiger partial charge on any atom is 0.317 e. The van der Waals surface area contributed by atoms with E-state index in [1.807, 2.05) is 7.05 Å². The fraction of sp³-hybridized carbons (Fsp3) is 0.917. The van der Waals surface area contributed by atoms with Crippen LogP contribution in [0, 0.1) is 5.92 Å². The van der Waals surface area contributed by atoms with Gasteiger partial charge in [0.15, 0.2) is 0 Å². The summed E-state index contributed by atoms with van der Waals surface area (Å²) in [5.41, 5.74) is 0. The lowest BCUT2D eigenvalue weighted by atomic mass is 10.1. The summed E-state index contributed by atoms with van der Waals surface area (Å²) < 4.78 is 5.62. The molecule has 4 heteroatoms. The molecule has 1 saturated heterocycles. The molecule has 2 fully saturated rings. The average Bonchev–Trinajstić information content (AvgIpc) is 2.95. The van der Waals surface area contributed by atoms with Gasteiger partial charge in [-0.1, -0.05) is 6.92 Å². The summed E-state index contributed by atoms with van der Waals surface area (Å²) in [6.45, 7) is 3.72. The topological polar surface area (TPSA) is 41.6 Å². The van der Waals surface area contributed by atoms with E-state index < -0.39 is 0 Å². The Morgan fingerprint density at radius 3 is 2.81 bits per heavy atom. The molecule has 16 heavy (non-hydrogen) atoms. The minimum atomic E-state index is 0.0449. The quantitative estimate of drug-likeness (QED) is 0.794. The molecular formula is C12H22N2O2. The zero-order valence-electron chi connectivity index (χ0n) is 10.2. The van der Waals surface area contributed by atoms with Crippen LogP contribution in [-0.2, 0) is 4.74 Å². The molecule has 0 aromatic heterocycles. The molecule has 2 rings (SSSR count). The first-order chi connectivity index (χ1) is 7.66. The van der Waals surface area contributed by atoms with E-state index in [0.29, 0.717) is 18.5 Å². The summed E-state index contributed by atoms with van der Waals surface area (Å²) >= 11 is 0. The van der Waals surface area contributed by atoms with Crippen molar-refractivity contribution in [2.75, 3.05) is 20.2 Å². The van der Waals surface area contributed by atoms with Crippen molar-refractivity contribution in [1.29, 1.82) is 0 Å². The highest BCUT2D eigenvalue weighted by molar-refractivity contribution is 5.74. The van der Waals surface area contributed by atoms with Gasteiger partial charge in [-0.15, -0.1) is 0 Å². The van der Waals surface area contributed by atoms with Crippen molar-refractivity contribution in [3.05, 3.63) is 0 Å². The molecule has 0 bridgehead atoms. The van der Waals surface area contributed by atoms with E-state index in [0.717, 1.165) is 25.9 Å². The number of rotatable bonds is 3. The Morgan fingerprint density at radius 1 is 1.50 bits per heavy atom. The Morgan fingerprint density at radius 2 is 2.25 bits per heavy atom. The highest BCUT2D eigenvalue weighted by atomic mass is 16.5. The molecule has 2 aliphatic rings. The number of nitrogens with zero attached hydrogens (tertiary/aromatic N) is 1. The molecular weight excluding hydrogens is 204 g/mol. The first-order valence-electron chi connectivity index (χ1n) is 6.30. The molecule has 2 amide bonds. The van der Waals surface area contributed by atoms with Crippen LogP contribution in [-0.4, -0.2) is 43.3 Å². The summed E-state index contributed by atoms with van der Waals surface area (Å²) in [5.74, 6) is 0.656. The monoisotopic (exact) mass is 226 g/mol. The van der Waals surface area contributed by atoms with Crippen LogP contribution in [0.15, 0.2) is 0 Å². The van der Waals surface area contributed by atoms with Crippen molar-refractivity contribution < 1.29 is 9.53 Å². The summed E-state index contributed by atoms with van der Waals surface area (Å²) in [7, 11) is 1.85. The summed E-state index contributed by atoms with van der Waals surface area (Å²) in [6, 6.07) is 0.450. The molecule has 0 aromatic rings. The fourth-order valence-electron chi connectivity index (χ4n) is 2.13. The minimum Gasteiger partial charge on any atom is -0.376 e. The van der Waals surface area contributed by atoms with Crippen molar-refractivity contribution >= 4 is 6.03 Å². The third kappa shape index (κ3) is 3.11. The number of nitrogens with one attached hydrogen (secondary N) is 1. The van der Waals surface area contributed by atoms with Gasteiger partial charge in [-0.05, 0) is 31.6 Å². The van der Waals surface area contributed by atoms with Crippen LogP contribution in [0.5, 0.6) is 0 Å². The number of carbonyl (C=O) groups excluding carboxylic acids is 1. The first-order valence-corrected chi connectivity index (χ1v) is 6.30. The van der Waals surface area contributed by atoms with Crippen LogP contribution in [0.3, 0.4) is 0 Å². The van der Waals surface area contributed by atoms with Crippen LogP contribution in [0.4, 0.5) is 4.79 Å². The molecule has 0 radical (unpaired) electrons. The second kappa shape index (κ2) is 5.04. The lowest BCUT2D eigenvalue weighted by molar-refractivity contribution is 0.00383. The Hall–Kier alpha value is -0.770. The zero-order valence-corrected chi connectivity index (χ0v) is 10.2. The zero-order chi connectivity index (χ0) is 11.5. The summed E-state index contributed by atoms with van der Waals surface area (Å²) in [5, 5.41) is 3.02. The van der Waals surface area contributed by atoms with Gasteiger partial charge in [0.05, 0.1) is 6.10 Å². The number of urea groups is 1. The van der Waals surface area contributed by atoms with Gasteiger partial charge >= 0.3 is 6.03 Å². The number of carbonyl (C=O) groups is 1. The van der Waals surface area contributed by atoms with E-state index >= 15 is 0 Å². The van der Waals surface area contributed by atoms with E-state index in [1.165, 1.54) is 6.42 Å². The van der Waals surface area contributed by atoms with E-state index in [-0.39, 0.29) is 12.1 Å². The normalized spacial score (nSPS) is 33.2. The lowest BCUT2D eigenvalue weighted by Gasteiger charge is -2.27.